The zero-order chi connectivity index (χ0) is 13.1. The summed E-state index contributed by atoms with van der Waals surface area (Å²) < 4.78 is 7.57. The molecule has 7 heteroatoms. The number of aryl methyl sites for hydroxylation is 2. The van der Waals surface area contributed by atoms with E-state index < -0.39 is 0 Å². The van der Waals surface area contributed by atoms with Crippen LogP contribution in [0, 0.1) is 0 Å². The second kappa shape index (κ2) is 5.34. The van der Waals surface area contributed by atoms with E-state index in [9.17, 15) is 4.79 Å². The second-order valence-electron chi connectivity index (χ2n) is 3.60. The molecular formula is C11H13BrN4O2. The lowest BCUT2D eigenvalue weighted by Gasteiger charge is -2.04. The van der Waals surface area contributed by atoms with Crippen molar-refractivity contribution in [3.63, 3.8) is 0 Å². The number of anilines is 1. The number of nitrogens with one attached hydrogen (secondary N) is 1. The molecule has 0 aliphatic heterocycles. The molecule has 0 aliphatic rings. The van der Waals surface area contributed by atoms with Crippen LogP contribution < -0.4 is 5.32 Å². The standard InChI is InChI=1S/C11H13BrN4O2/c1-3-7-5-13-11(18-7)15-10(17)9-8(12)6-14-16(9)4-2/h5-6H,3-4H2,1-2H3,(H,13,15,17). The van der Waals surface area contributed by atoms with Crippen LogP contribution in [0.25, 0.3) is 0 Å². The third kappa shape index (κ3) is 2.45. The summed E-state index contributed by atoms with van der Waals surface area (Å²) in [5, 5.41) is 6.68. The zero-order valence-electron chi connectivity index (χ0n) is 10.1. The van der Waals surface area contributed by atoms with Crippen molar-refractivity contribution in [2.24, 2.45) is 0 Å². The van der Waals surface area contributed by atoms with Gasteiger partial charge >= 0.3 is 6.01 Å². The molecule has 0 fully saturated rings. The first kappa shape index (κ1) is 12.8. The maximum Gasteiger partial charge on any atom is 0.301 e. The van der Waals surface area contributed by atoms with E-state index in [-0.39, 0.29) is 11.9 Å². The number of nitrogens with zero attached hydrogens (tertiary/aromatic N) is 3. The van der Waals surface area contributed by atoms with Crippen LogP contribution in [0.2, 0.25) is 0 Å². The molecule has 2 aromatic heterocycles. The topological polar surface area (TPSA) is 73.0 Å². The number of rotatable bonds is 4. The number of aromatic nitrogens is 3. The van der Waals surface area contributed by atoms with Crippen LogP contribution in [0.3, 0.4) is 0 Å². The van der Waals surface area contributed by atoms with Gasteiger partial charge < -0.3 is 4.42 Å². The number of carbonyl (C=O) groups excluding carboxylic acids is 1. The Morgan fingerprint density at radius 3 is 2.89 bits per heavy atom. The average Bonchev–Trinajstić information content (AvgIpc) is 2.95. The molecule has 0 bridgehead atoms. The van der Waals surface area contributed by atoms with E-state index in [1.807, 2.05) is 13.8 Å². The van der Waals surface area contributed by atoms with E-state index in [0.29, 0.717) is 16.7 Å². The Morgan fingerprint density at radius 1 is 1.50 bits per heavy atom. The summed E-state index contributed by atoms with van der Waals surface area (Å²) >= 11 is 3.30. The molecular weight excluding hydrogens is 300 g/mol. The lowest BCUT2D eigenvalue weighted by atomic mass is 10.4. The van der Waals surface area contributed by atoms with Gasteiger partial charge in [-0.25, -0.2) is 4.98 Å². The van der Waals surface area contributed by atoms with E-state index in [0.717, 1.165) is 12.2 Å². The van der Waals surface area contributed by atoms with Crippen LogP contribution in [0.4, 0.5) is 6.01 Å². The molecule has 0 saturated carbocycles. The van der Waals surface area contributed by atoms with Crippen molar-refractivity contribution in [2.45, 2.75) is 26.8 Å². The quantitative estimate of drug-likeness (QED) is 0.941. The van der Waals surface area contributed by atoms with Gasteiger partial charge in [-0.2, -0.15) is 5.10 Å². The molecule has 96 valence electrons. The summed E-state index contributed by atoms with van der Waals surface area (Å²) in [4.78, 5) is 16.0. The molecule has 0 aromatic carbocycles. The van der Waals surface area contributed by atoms with E-state index in [4.69, 9.17) is 4.42 Å². The van der Waals surface area contributed by atoms with Gasteiger partial charge in [-0.1, -0.05) is 6.92 Å². The Balaban J connectivity index is 2.18. The van der Waals surface area contributed by atoms with E-state index >= 15 is 0 Å². The minimum atomic E-state index is -0.300. The highest BCUT2D eigenvalue weighted by Crippen LogP contribution is 2.18. The van der Waals surface area contributed by atoms with Crippen molar-refractivity contribution >= 4 is 27.9 Å². The Morgan fingerprint density at radius 2 is 2.28 bits per heavy atom. The number of carbonyl (C=O) groups is 1. The second-order valence-corrected chi connectivity index (χ2v) is 4.45. The molecule has 0 spiro atoms. The fourth-order valence-corrected chi connectivity index (χ4v) is 1.99. The monoisotopic (exact) mass is 312 g/mol. The predicted octanol–water partition coefficient (Wildman–Crippen LogP) is 2.47. The molecule has 0 saturated heterocycles. The summed E-state index contributed by atoms with van der Waals surface area (Å²) in [6, 6.07) is 0.201. The van der Waals surface area contributed by atoms with Gasteiger partial charge in [0.25, 0.3) is 5.91 Å². The number of amides is 1. The summed E-state index contributed by atoms with van der Waals surface area (Å²) in [5.74, 6) is 0.430. The maximum atomic E-state index is 12.1. The highest BCUT2D eigenvalue weighted by atomic mass is 79.9. The van der Waals surface area contributed by atoms with Crippen LogP contribution in [-0.2, 0) is 13.0 Å². The van der Waals surface area contributed by atoms with Gasteiger partial charge in [0, 0.05) is 13.0 Å². The van der Waals surface area contributed by atoms with Gasteiger partial charge in [-0.15, -0.1) is 0 Å². The SMILES string of the molecule is CCc1cnc(NC(=O)c2c(Br)cnn2CC)o1. The number of oxazole rings is 1. The van der Waals surface area contributed by atoms with Crippen LogP contribution in [0.1, 0.15) is 30.1 Å². The molecule has 18 heavy (non-hydrogen) atoms. The third-order valence-electron chi connectivity index (χ3n) is 2.43. The van der Waals surface area contributed by atoms with Crippen molar-refractivity contribution in [3.8, 4) is 0 Å². The Hall–Kier alpha value is -1.63. The summed E-state index contributed by atoms with van der Waals surface area (Å²) in [5.41, 5.74) is 0.453. The number of halogens is 1. The van der Waals surface area contributed by atoms with Gasteiger partial charge in [0.05, 0.1) is 16.9 Å². The lowest BCUT2D eigenvalue weighted by Crippen LogP contribution is -2.18. The van der Waals surface area contributed by atoms with Gasteiger partial charge in [-0.05, 0) is 22.9 Å². The minimum absolute atomic E-state index is 0.201. The first-order valence-corrected chi connectivity index (χ1v) is 6.42. The van der Waals surface area contributed by atoms with Gasteiger partial charge in [0.15, 0.2) is 0 Å². The first-order chi connectivity index (χ1) is 8.65. The van der Waals surface area contributed by atoms with Gasteiger partial charge in [0.1, 0.15) is 11.5 Å². The fourth-order valence-electron chi connectivity index (χ4n) is 1.51. The largest absolute Gasteiger partial charge is 0.428 e. The summed E-state index contributed by atoms with van der Waals surface area (Å²) in [6.45, 7) is 4.48. The highest BCUT2D eigenvalue weighted by Gasteiger charge is 2.18. The molecule has 2 rings (SSSR count). The minimum Gasteiger partial charge on any atom is -0.428 e. The Kier molecular flexibility index (Phi) is 3.81. The molecule has 2 heterocycles. The van der Waals surface area contributed by atoms with Crippen molar-refractivity contribution in [1.82, 2.24) is 14.8 Å². The van der Waals surface area contributed by atoms with E-state index in [2.05, 4.69) is 31.3 Å². The summed E-state index contributed by atoms with van der Waals surface area (Å²) in [7, 11) is 0. The van der Waals surface area contributed by atoms with Crippen LogP contribution >= 0.6 is 15.9 Å². The molecule has 1 N–H and O–H groups in total. The average molecular weight is 313 g/mol. The normalized spacial score (nSPS) is 10.6. The predicted molar refractivity (Wildman–Crippen MR) is 69.4 cm³/mol. The van der Waals surface area contributed by atoms with Crippen LogP contribution in [-0.4, -0.2) is 20.7 Å². The molecule has 0 unspecified atom stereocenters. The molecule has 0 atom stereocenters. The first-order valence-electron chi connectivity index (χ1n) is 5.63. The molecule has 0 aliphatic carbocycles. The number of hydrogen-bond donors (Lipinski definition) is 1. The molecule has 2 aromatic rings. The summed E-state index contributed by atoms with van der Waals surface area (Å²) in [6.07, 6.45) is 3.92. The smallest absolute Gasteiger partial charge is 0.301 e. The third-order valence-corrected chi connectivity index (χ3v) is 3.01. The Bertz CT molecular complexity index is 561. The van der Waals surface area contributed by atoms with Crippen molar-refractivity contribution in [2.75, 3.05) is 5.32 Å². The van der Waals surface area contributed by atoms with Gasteiger partial charge in [0.2, 0.25) is 0 Å². The van der Waals surface area contributed by atoms with E-state index in [1.165, 1.54) is 0 Å². The Labute approximate surface area is 113 Å². The number of hydrogen-bond acceptors (Lipinski definition) is 4. The fraction of sp³-hybridized carbons (Fsp3) is 0.364. The molecule has 6 nitrogen and oxygen atoms in total. The lowest BCUT2D eigenvalue weighted by molar-refractivity contribution is 0.101. The molecule has 0 radical (unpaired) electrons. The van der Waals surface area contributed by atoms with Crippen LogP contribution in [0.5, 0.6) is 0 Å². The van der Waals surface area contributed by atoms with Crippen molar-refractivity contribution in [3.05, 3.63) is 28.3 Å². The molecule has 1 amide bonds. The van der Waals surface area contributed by atoms with E-state index in [1.54, 1.807) is 17.1 Å². The van der Waals surface area contributed by atoms with Gasteiger partial charge in [-0.3, -0.25) is 14.8 Å². The van der Waals surface area contributed by atoms with Crippen molar-refractivity contribution < 1.29 is 9.21 Å². The highest BCUT2D eigenvalue weighted by molar-refractivity contribution is 9.10. The maximum absolute atomic E-state index is 12.1. The van der Waals surface area contributed by atoms with Crippen LogP contribution in [0.15, 0.2) is 21.3 Å². The van der Waals surface area contributed by atoms with Crippen molar-refractivity contribution in [1.29, 1.82) is 0 Å². The zero-order valence-corrected chi connectivity index (χ0v) is 11.7.